The quantitative estimate of drug-likeness (QED) is 0.604. The smallest absolute Gasteiger partial charge is 0.223 e. The number of nitrogens with two attached hydrogens (primary N) is 1. The molecule has 3 saturated carbocycles. The van der Waals surface area contributed by atoms with E-state index in [-0.39, 0.29) is 11.8 Å². The average Bonchev–Trinajstić information content (AvgIpc) is 2.80. The fraction of sp³-hybridized carbons (Fsp3) is 0.947. The summed E-state index contributed by atoms with van der Waals surface area (Å²) in [7, 11) is 0. The van der Waals surface area contributed by atoms with Crippen molar-refractivity contribution in [2.24, 2.45) is 23.5 Å². The fourth-order valence-electron chi connectivity index (χ4n) is 4.96. The highest BCUT2D eigenvalue weighted by Gasteiger charge is 2.40. The Kier molecular flexibility index (Phi) is 6.35. The summed E-state index contributed by atoms with van der Waals surface area (Å²) in [6.07, 6.45) is 13.8. The van der Waals surface area contributed by atoms with Gasteiger partial charge in [-0.3, -0.25) is 4.79 Å². The van der Waals surface area contributed by atoms with Gasteiger partial charge >= 0.3 is 0 Å². The second-order valence-corrected chi connectivity index (χ2v) is 7.97. The molecule has 3 aliphatic carbocycles. The summed E-state index contributed by atoms with van der Waals surface area (Å²) in [6.45, 7) is 1.32. The number of hydrogen-bond donors (Lipinski definition) is 2. The van der Waals surface area contributed by atoms with Crippen molar-refractivity contribution < 1.29 is 9.53 Å². The van der Waals surface area contributed by atoms with Gasteiger partial charge in [0.2, 0.25) is 5.91 Å². The second-order valence-electron chi connectivity index (χ2n) is 7.97. The lowest BCUT2D eigenvalue weighted by molar-refractivity contribution is -0.128. The number of nitrogens with one attached hydrogen (secondary N) is 1. The summed E-state index contributed by atoms with van der Waals surface area (Å²) in [5, 5.41) is 3.11. The molecule has 0 radical (unpaired) electrons. The summed E-state index contributed by atoms with van der Waals surface area (Å²) < 4.78 is 5.96. The summed E-state index contributed by atoms with van der Waals surface area (Å²) in [5.74, 6) is 1.56. The summed E-state index contributed by atoms with van der Waals surface area (Å²) in [6, 6.07) is 0.339. The third-order valence-electron chi connectivity index (χ3n) is 6.34. The molecule has 0 saturated heterocycles. The topological polar surface area (TPSA) is 64.4 Å². The van der Waals surface area contributed by atoms with Gasteiger partial charge in [-0.05, 0) is 50.4 Å². The minimum Gasteiger partial charge on any atom is -0.376 e. The van der Waals surface area contributed by atoms with Gasteiger partial charge in [0, 0.05) is 18.5 Å². The molecule has 3 N–H and O–H groups in total. The molecular weight excluding hydrogens is 288 g/mol. The molecule has 2 unspecified atom stereocenters. The van der Waals surface area contributed by atoms with Crippen LogP contribution in [0, 0.1) is 17.8 Å². The second kappa shape index (κ2) is 8.48. The molecule has 3 rings (SSSR count). The highest BCUT2D eigenvalue weighted by Crippen LogP contribution is 2.41. The SMILES string of the molecule is NC1C2CCCC1CC(C(=O)NCCOC1CCCCCC1)C2. The minimum absolute atomic E-state index is 0.183. The fourth-order valence-corrected chi connectivity index (χ4v) is 4.96. The third kappa shape index (κ3) is 4.69. The van der Waals surface area contributed by atoms with Crippen molar-refractivity contribution in [3.8, 4) is 0 Å². The lowest BCUT2D eigenvalue weighted by Crippen LogP contribution is -2.49. The molecule has 0 aromatic carbocycles. The molecular formula is C19H34N2O2. The van der Waals surface area contributed by atoms with Gasteiger partial charge in [0.05, 0.1) is 12.7 Å². The van der Waals surface area contributed by atoms with Crippen molar-refractivity contribution in [3.05, 3.63) is 0 Å². The van der Waals surface area contributed by atoms with Crippen molar-refractivity contribution in [1.29, 1.82) is 0 Å². The normalized spacial score (nSPS) is 35.5. The van der Waals surface area contributed by atoms with E-state index in [0.29, 0.717) is 37.1 Å². The molecule has 23 heavy (non-hydrogen) atoms. The van der Waals surface area contributed by atoms with Crippen LogP contribution in [0.25, 0.3) is 0 Å². The van der Waals surface area contributed by atoms with Crippen LogP contribution in [0.3, 0.4) is 0 Å². The summed E-state index contributed by atoms with van der Waals surface area (Å²) >= 11 is 0. The Balaban J connectivity index is 1.35. The standard InChI is InChI=1S/C19H34N2O2/c20-18-14-6-5-7-15(18)13-16(12-14)19(22)21-10-11-23-17-8-3-1-2-4-9-17/h14-18H,1-13,20H2,(H,21,22). The number of fused-ring (bicyclic) bond motifs is 2. The van der Waals surface area contributed by atoms with Crippen LogP contribution in [0.5, 0.6) is 0 Å². The van der Waals surface area contributed by atoms with E-state index in [4.69, 9.17) is 10.5 Å². The van der Waals surface area contributed by atoms with Crippen LogP contribution in [-0.2, 0) is 9.53 Å². The summed E-state index contributed by atoms with van der Waals surface area (Å²) in [5.41, 5.74) is 6.31. The van der Waals surface area contributed by atoms with Crippen LogP contribution in [-0.4, -0.2) is 31.2 Å². The zero-order valence-corrected chi connectivity index (χ0v) is 14.5. The maximum absolute atomic E-state index is 12.4. The molecule has 3 fully saturated rings. The van der Waals surface area contributed by atoms with E-state index in [9.17, 15) is 4.79 Å². The van der Waals surface area contributed by atoms with Crippen molar-refractivity contribution in [2.45, 2.75) is 82.8 Å². The highest BCUT2D eigenvalue weighted by molar-refractivity contribution is 5.78. The van der Waals surface area contributed by atoms with Crippen LogP contribution < -0.4 is 11.1 Å². The molecule has 0 aliphatic heterocycles. The predicted molar refractivity (Wildman–Crippen MR) is 92.0 cm³/mol. The Morgan fingerprint density at radius 1 is 0.957 bits per heavy atom. The molecule has 0 heterocycles. The first kappa shape index (κ1) is 17.2. The molecule has 2 atom stereocenters. The van der Waals surface area contributed by atoms with Crippen molar-refractivity contribution in [1.82, 2.24) is 5.32 Å². The Morgan fingerprint density at radius 2 is 1.61 bits per heavy atom. The Labute approximate surface area is 140 Å². The van der Waals surface area contributed by atoms with E-state index in [0.717, 1.165) is 12.8 Å². The van der Waals surface area contributed by atoms with Crippen LogP contribution in [0.15, 0.2) is 0 Å². The maximum atomic E-state index is 12.4. The minimum atomic E-state index is 0.183. The van der Waals surface area contributed by atoms with Gasteiger partial charge in [-0.15, -0.1) is 0 Å². The van der Waals surface area contributed by atoms with Crippen LogP contribution >= 0.6 is 0 Å². The van der Waals surface area contributed by atoms with Gasteiger partial charge in [-0.25, -0.2) is 0 Å². The largest absolute Gasteiger partial charge is 0.376 e. The zero-order chi connectivity index (χ0) is 16.1. The van der Waals surface area contributed by atoms with E-state index in [1.807, 2.05) is 0 Å². The number of amides is 1. The van der Waals surface area contributed by atoms with Crippen LogP contribution in [0.1, 0.15) is 70.6 Å². The molecule has 1 amide bonds. The molecule has 2 bridgehead atoms. The number of rotatable bonds is 5. The summed E-state index contributed by atoms with van der Waals surface area (Å²) in [4.78, 5) is 12.4. The monoisotopic (exact) mass is 322 g/mol. The van der Waals surface area contributed by atoms with Crippen molar-refractivity contribution in [3.63, 3.8) is 0 Å². The van der Waals surface area contributed by atoms with Crippen molar-refractivity contribution >= 4 is 5.91 Å². The lowest BCUT2D eigenvalue weighted by atomic mass is 9.65. The van der Waals surface area contributed by atoms with E-state index >= 15 is 0 Å². The average molecular weight is 322 g/mol. The van der Waals surface area contributed by atoms with E-state index in [1.165, 1.54) is 57.8 Å². The number of carbonyl (C=O) groups is 1. The zero-order valence-electron chi connectivity index (χ0n) is 14.5. The number of ether oxygens (including phenoxy) is 1. The Bertz CT molecular complexity index is 366. The van der Waals surface area contributed by atoms with E-state index in [2.05, 4.69) is 5.32 Å². The van der Waals surface area contributed by atoms with Crippen LogP contribution in [0.2, 0.25) is 0 Å². The van der Waals surface area contributed by atoms with Crippen LogP contribution in [0.4, 0.5) is 0 Å². The molecule has 4 heteroatoms. The third-order valence-corrected chi connectivity index (χ3v) is 6.34. The molecule has 0 aromatic rings. The number of carbonyl (C=O) groups excluding carboxylic acids is 1. The van der Waals surface area contributed by atoms with Crippen molar-refractivity contribution in [2.75, 3.05) is 13.2 Å². The Hall–Kier alpha value is -0.610. The maximum Gasteiger partial charge on any atom is 0.223 e. The van der Waals surface area contributed by atoms with Gasteiger partial charge in [-0.1, -0.05) is 32.1 Å². The van der Waals surface area contributed by atoms with Gasteiger partial charge in [0.15, 0.2) is 0 Å². The first-order valence-corrected chi connectivity index (χ1v) is 9.89. The van der Waals surface area contributed by atoms with Gasteiger partial charge in [-0.2, -0.15) is 0 Å². The van der Waals surface area contributed by atoms with E-state index in [1.54, 1.807) is 0 Å². The molecule has 0 aromatic heterocycles. The predicted octanol–water partition coefficient (Wildman–Crippen LogP) is 3.00. The molecule has 3 aliphatic rings. The first-order valence-electron chi connectivity index (χ1n) is 9.89. The van der Waals surface area contributed by atoms with Gasteiger partial charge < -0.3 is 15.8 Å². The van der Waals surface area contributed by atoms with Gasteiger partial charge in [0.25, 0.3) is 0 Å². The molecule has 0 spiro atoms. The Morgan fingerprint density at radius 3 is 2.26 bits per heavy atom. The van der Waals surface area contributed by atoms with E-state index < -0.39 is 0 Å². The first-order chi connectivity index (χ1) is 11.2. The molecule has 4 nitrogen and oxygen atoms in total. The lowest BCUT2D eigenvalue weighted by Gasteiger charge is -2.43. The molecule has 132 valence electrons. The van der Waals surface area contributed by atoms with Gasteiger partial charge in [0.1, 0.15) is 0 Å². The number of hydrogen-bond acceptors (Lipinski definition) is 3. The highest BCUT2D eigenvalue weighted by atomic mass is 16.5.